The maximum absolute atomic E-state index is 12.4. The fraction of sp³-hybridized carbons (Fsp3) is 0.933. The van der Waals surface area contributed by atoms with Crippen molar-refractivity contribution in [1.82, 2.24) is 15.1 Å². The average molecular weight is 338 g/mol. The van der Waals surface area contributed by atoms with E-state index in [4.69, 9.17) is 0 Å². The molecule has 124 valence electrons. The Hall–Kier alpha value is -0.0300. The van der Waals surface area contributed by atoms with E-state index in [0.717, 1.165) is 38.5 Å². The van der Waals surface area contributed by atoms with Crippen LogP contribution in [0.15, 0.2) is 0 Å². The molecule has 2 atom stereocenters. The van der Waals surface area contributed by atoms with E-state index < -0.39 is 0 Å². The maximum Gasteiger partial charge on any atom is 0.227 e. The molecule has 21 heavy (non-hydrogen) atoms. The number of halogens is 2. The number of likely N-dealkylation sites (tertiary alicyclic amines) is 2. The Morgan fingerprint density at radius 2 is 1.81 bits per heavy atom. The van der Waals surface area contributed by atoms with Gasteiger partial charge < -0.3 is 15.1 Å². The second-order valence-electron chi connectivity index (χ2n) is 6.49. The molecule has 3 heterocycles. The predicted octanol–water partition coefficient (Wildman–Crippen LogP) is 1.77. The standard InChI is InChI=1S/C15H27N3O.2ClH/c19-15(14-4-6-16-10-14)18-9-5-13(12-18)11-17-7-2-1-3-8-17;;/h13-14,16H,1-12H2;2*1H. The molecule has 2 unspecified atom stereocenters. The summed E-state index contributed by atoms with van der Waals surface area (Å²) in [5.41, 5.74) is 0. The Balaban J connectivity index is 0.00000110. The van der Waals surface area contributed by atoms with Crippen LogP contribution in [0.2, 0.25) is 0 Å². The summed E-state index contributed by atoms with van der Waals surface area (Å²) >= 11 is 0. The van der Waals surface area contributed by atoms with Gasteiger partial charge in [-0.15, -0.1) is 24.8 Å². The molecule has 0 spiro atoms. The summed E-state index contributed by atoms with van der Waals surface area (Å²) in [6.07, 6.45) is 6.38. The molecule has 0 aromatic rings. The van der Waals surface area contributed by atoms with Gasteiger partial charge in [0.1, 0.15) is 0 Å². The third kappa shape index (κ3) is 4.98. The van der Waals surface area contributed by atoms with Crippen LogP contribution in [-0.4, -0.2) is 61.5 Å². The Labute approximate surface area is 140 Å². The van der Waals surface area contributed by atoms with Crippen LogP contribution in [0.3, 0.4) is 0 Å². The summed E-state index contributed by atoms with van der Waals surface area (Å²) in [4.78, 5) is 17.1. The highest BCUT2D eigenvalue weighted by Gasteiger charge is 2.32. The molecule has 0 bridgehead atoms. The van der Waals surface area contributed by atoms with Gasteiger partial charge in [-0.2, -0.15) is 0 Å². The molecule has 0 saturated carbocycles. The number of rotatable bonds is 3. The third-order valence-corrected chi connectivity index (χ3v) is 4.97. The molecule has 4 nitrogen and oxygen atoms in total. The van der Waals surface area contributed by atoms with Crippen LogP contribution in [-0.2, 0) is 4.79 Å². The smallest absolute Gasteiger partial charge is 0.227 e. The molecule has 0 aliphatic carbocycles. The van der Waals surface area contributed by atoms with Crippen LogP contribution in [0.1, 0.15) is 32.1 Å². The van der Waals surface area contributed by atoms with Crippen molar-refractivity contribution < 1.29 is 4.79 Å². The van der Waals surface area contributed by atoms with Crippen LogP contribution >= 0.6 is 24.8 Å². The van der Waals surface area contributed by atoms with Gasteiger partial charge in [0.25, 0.3) is 0 Å². The van der Waals surface area contributed by atoms with Gasteiger partial charge in [-0.3, -0.25) is 4.79 Å². The first-order valence-corrected chi connectivity index (χ1v) is 8.05. The van der Waals surface area contributed by atoms with E-state index in [0.29, 0.717) is 5.91 Å². The molecule has 6 heteroatoms. The van der Waals surface area contributed by atoms with Crippen molar-refractivity contribution in [2.24, 2.45) is 11.8 Å². The Morgan fingerprint density at radius 3 is 2.48 bits per heavy atom. The molecule has 3 fully saturated rings. The highest BCUT2D eigenvalue weighted by Crippen LogP contribution is 2.22. The first-order valence-electron chi connectivity index (χ1n) is 8.05. The lowest BCUT2D eigenvalue weighted by molar-refractivity contribution is -0.133. The zero-order valence-corrected chi connectivity index (χ0v) is 14.4. The SMILES string of the molecule is Cl.Cl.O=C(C1CCNC1)N1CCC(CN2CCCCC2)C1. The van der Waals surface area contributed by atoms with Crippen molar-refractivity contribution in [2.75, 3.05) is 45.8 Å². The van der Waals surface area contributed by atoms with Gasteiger partial charge in [-0.05, 0) is 51.2 Å². The van der Waals surface area contributed by atoms with Crippen molar-refractivity contribution in [3.8, 4) is 0 Å². The van der Waals surface area contributed by atoms with Gasteiger partial charge in [0.2, 0.25) is 5.91 Å². The van der Waals surface area contributed by atoms with Crippen molar-refractivity contribution in [1.29, 1.82) is 0 Å². The lowest BCUT2D eigenvalue weighted by Crippen LogP contribution is -2.38. The lowest BCUT2D eigenvalue weighted by Gasteiger charge is -2.29. The van der Waals surface area contributed by atoms with Gasteiger partial charge in [0, 0.05) is 26.2 Å². The van der Waals surface area contributed by atoms with Crippen molar-refractivity contribution in [3.05, 3.63) is 0 Å². The molecule has 1 N–H and O–H groups in total. The number of hydrogen-bond acceptors (Lipinski definition) is 3. The number of nitrogens with zero attached hydrogens (tertiary/aromatic N) is 2. The van der Waals surface area contributed by atoms with Crippen molar-refractivity contribution >= 4 is 30.7 Å². The van der Waals surface area contributed by atoms with Crippen molar-refractivity contribution in [3.63, 3.8) is 0 Å². The summed E-state index contributed by atoms with van der Waals surface area (Å²) in [7, 11) is 0. The van der Waals surface area contributed by atoms with E-state index in [1.54, 1.807) is 0 Å². The minimum absolute atomic E-state index is 0. The van der Waals surface area contributed by atoms with Gasteiger partial charge >= 0.3 is 0 Å². The molecule has 3 aliphatic rings. The first kappa shape index (κ1) is 19.0. The Morgan fingerprint density at radius 1 is 1.05 bits per heavy atom. The summed E-state index contributed by atoms with van der Waals surface area (Å²) in [6.45, 7) is 7.67. The highest BCUT2D eigenvalue weighted by molar-refractivity contribution is 5.85. The van der Waals surface area contributed by atoms with E-state index in [2.05, 4.69) is 15.1 Å². The van der Waals surface area contributed by atoms with Crippen LogP contribution in [0.4, 0.5) is 0 Å². The molecule has 3 aliphatic heterocycles. The number of hydrogen-bond donors (Lipinski definition) is 1. The second-order valence-corrected chi connectivity index (χ2v) is 6.49. The molecule has 0 aromatic carbocycles. The van der Waals surface area contributed by atoms with Gasteiger partial charge in [-0.1, -0.05) is 6.42 Å². The molecule has 1 amide bonds. The van der Waals surface area contributed by atoms with Gasteiger partial charge in [0.05, 0.1) is 5.92 Å². The quantitative estimate of drug-likeness (QED) is 0.852. The largest absolute Gasteiger partial charge is 0.342 e. The van der Waals surface area contributed by atoms with E-state index in [9.17, 15) is 4.79 Å². The summed E-state index contributed by atoms with van der Waals surface area (Å²) < 4.78 is 0. The lowest BCUT2D eigenvalue weighted by atomic mass is 10.1. The number of nitrogens with one attached hydrogen (secondary N) is 1. The van der Waals surface area contributed by atoms with E-state index in [-0.39, 0.29) is 30.7 Å². The van der Waals surface area contributed by atoms with Crippen molar-refractivity contribution in [2.45, 2.75) is 32.1 Å². The zero-order valence-electron chi connectivity index (χ0n) is 12.8. The van der Waals surface area contributed by atoms with Crippen LogP contribution in [0, 0.1) is 11.8 Å². The monoisotopic (exact) mass is 337 g/mol. The van der Waals surface area contributed by atoms with E-state index in [1.165, 1.54) is 45.3 Å². The highest BCUT2D eigenvalue weighted by atomic mass is 35.5. The molecule has 3 saturated heterocycles. The topological polar surface area (TPSA) is 35.6 Å². The summed E-state index contributed by atoms with van der Waals surface area (Å²) in [5.74, 6) is 1.39. The molecular weight excluding hydrogens is 309 g/mol. The van der Waals surface area contributed by atoms with Gasteiger partial charge in [0.15, 0.2) is 0 Å². The van der Waals surface area contributed by atoms with Crippen LogP contribution in [0.25, 0.3) is 0 Å². The fourth-order valence-corrected chi connectivity index (χ4v) is 3.81. The van der Waals surface area contributed by atoms with Crippen LogP contribution < -0.4 is 5.32 Å². The normalized spacial score (nSPS) is 29.8. The molecular formula is C15H29Cl2N3O. The average Bonchev–Trinajstić information content (AvgIpc) is 3.10. The number of amides is 1. The summed E-state index contributed by atoms with van der Waals surface area (Å²) in [6, 6.07) is 0. The maximum atomic E-state index is 12.4. The third-order valence-electron chi connectivity index (χ3n) is 4.97. The zero-order chi connectivity index (χ0) is 13.1. The Bertz CT molecular complexity index is 318. The molecule has 0 aromatic heterocycles. The van der Waals surface area contributed by atoms with Gasteiger partial charge in [-0.25, -0.2) is 0 Å². The second kappa shape index (κ2) is 9.19. The minimum Gasteiger partial charge on any atom is -0.342 e. The fourth-order valence-electron chi connectivity index (χ4n) is 3.81. The first-order chi connectivity index (χ1) is 9.33. The Kier molecular flexibility index (Phi) is 8.32. The van der Waals surface area contributed by atoms with E-state index >= 15 is 0 Å². The van der Waals surface area contributed by atoms with E-state index in [1.807, 2.05) is 0 Å². The van der Waals surface area contributed by atoms with Crippen LogP contribution in [0.5, 0.6) is 0 Å². The minimum atomic E-state index is 0. The predicted molar refractivity (Wildman–Crippen MR) is 90.5 cm³/mol. The number of carbonyl (C=O) groups is 1. The summed E-state index contributed by atoms with van der Waals surface area (Å²) in [5, 5.41) is 3.30. The number of piperidine rings is 1. The molecule has 3 rings (SSSR count). The number of carbonyl (C=O) groups excluding carboxylic acids is 1. The molecule has 0 radical (unpaired) electrons.